The van der Waals surface area contributed by atoms with Crippen LogP contribution in [0.2, 0.25) is 0 Å². The van der Waals surface area contributed by atoms with Gasteiger partial charge in [-0.1, -0.05) is 0 Å². The smallest absolute Gasteiger partial charge is 0.132 e. The van der Waals surface area contributed by atoms with Gasteiger partial charge in [-0.3, -0.25) is 0 Å². The second-order valence-corrected chi connectivity index (χ2v) is 4.02. The summed E-state index contributed by atoms with van der Waals surface area (Å²) in [4.78, 5) is 9.83. The molecular formula is C10H12N2OS. The molecule has 2 aromatic rings. The number of fused-ring (bicyclic) bond motifs is 1. The minimum absolute atomic E-state index is 0.676. The first-order valence-corrected chi connectivity index (χ1v) is 5.38. The number of hydrogen-bond donors (Lipinski definition) is 0. The van der Waals surface area contributed by atoms with Gasteiger partial charge in [0.15, 0.2) is 0 Å². The van der Waals surface area contributed by atoms with Crippen molar-refractivity contribution in [3.63, 3.8) is 0 Å². The number of aryl methyl sites for hydroxylation is 1. The molecule has 0 fully saturated rings. The van der Waals surface area contributed by atoms with Gasteiger partial charge in [-0.25, -0.2) is 9.97 Å². The molecule has 14 heavy (non-hydrogen) atoms. The quantitative estimate of drug-likeness (QED) is 0.775. The normalized spacial score (nSPS) is 11.0. The zero-order valence-corrected chi connectivity index (χ0v) is 9.10. The van der Waals surface area contributed by atoms with Crippen molar-refractivity contribution in [1.29, 1.82) is 0 Å². The van der Waals surface area contributed by atoms with Gasteiger partial charge in [0, 0.05) is 25.1 Å². The molecule has 0 bridgehead atoms. The molecule has 0 saturated carbocycles. The van der Waals surface area contributed by atoms with Crippen molar-refractivity contribution in [3.05, 3.63) is 23.0 Å². The summed E-state index contributed by atoms with van der Waals surface area (Å²) in [5.41, 5.74) is 1.25. The third kappa shape index (κ3) is 1.76. The molecule has 0 amide bonds. The van der Waals surface area contributed by atoms with Crippen LogP contribution in [0.3, 0.4) is 0 Å². The van der Waals surface area contributed by atoms with E-state index in [9.17, 15) is 0 Å². The average molecular weight is 208 g/mol. The van der Waals surface area contributed by atoms with Gasteiger partial charge in [0.25, 0.3) is 0 Å². The van der Waals surface area contributed by atoms with Gasteiger partial charge in [0.1, 0.15) is 10.7 Å². The first-order valence-electron chi connectivity index (χ1n) is 4.50. The SMILES string of the molecule is COCCc1ncc2c(C)csc2n1. The predicted octanol–water partition coefficient (Wildman–Crippen LogP) is 2.19. The van der Waals surface area contributed by atoms with Crippen LogP contribution in [0.4, 0.5) is 0 Å². The summed E-state index contributed by atoms with van der Waals surface area (Å²) in [7, 11) is 1.69. The number of hydrogen-bond acceptors (Lipinski definition) is 4. The lowest BCUT2D eigenvalue weighted by atomic mass is 10.3. The van der Waals surface area contributed by atoms with Gasteiger partial charge in [-0.15, -0.1) is 11.3 Å². The zero-order valence-electron chi connectivity index (χ0n) is 8.28. The lowest BCUT2D eigenvalue weighted by Gasteiger charge is -1.98. The van der Waals surface area contributed by atoms with E-state index in [0.717, 1.165) is 22.5 Å². The highest BCUT2D eigenvalue weighted by Crippen LogP contribution is 2.22. The zero-order chi connectivity index (χ0) is 9.97. The number of rotatable bonds is 3. The Bertz CT molecular complexity index is 439. The minimum atomic E-state index is 0.676. The first kappa shape index (κ1) is 9.55. The highest BCUT2D eigenvalue weighted by atomic mass is 32.1. The van der Waals surface area contributed by atoms with Crippen molar-refractivity contribution in [3.8, 4) is 0 Å². The number of thiophene rings is 1. The first-order chi connectivity index (χ1) is 6.81. The molecule has 0 radical (unpaired) electrons. The lowest BCUT2D eigenvalue weighted by molar-refractivity contribution is 0.200. The Morgan fingerprint density at radius 3 is 3.14 bits per heavy atom. The summed E-state index contributed by atoms with van der Waals surface area (Å²) in [6, 6.07) is 0. The Balaban J connectivity index is 2.32. The molecule has 2 heterocycles. The highest BCUT2D eigenvalue weighted by molar-refractivity contribution is 7.16. The maximum absolute atomic E-state index is 4.99. The van der Waals surface area contributed by atoms with Crippen LogP contribution in [0, 0.1) is 6.92 Å². The Morgan fingerprint density at radius 2 is 2.36 bits per heavy atom. The molecule has 4 heteroatoms. The van der Waals surface area contributed by atoms with Crippen LogP contribution < -0.4 is 0 Å². The molecule has 0 N–H and O–H groups in total. The molecule has 0 aliphatic carbocycles. The summed E-state index contributed by atoms with van der Waals surface area (Å²) >= 11 is 1.67. The number of ether oxygens (including phenoxy) is 1. The van der Waals surface area contributed by atoms with Crippen LogP contribution >= 0.6 is 11.3 Å². The standard InChI is InChI=1S/C10H12N2OS/c1-7-6-14-10-8(7)5-11-9(12-10)3-4-13-2/h5-6H,3-4H2,1-2H3. The molecule has 0 saturated heterocycles. The third-order valence-corrected chi connectivity index (χ3v) is 3.11. The van der Waals surface area contributed by atoms with E-state index in [2.05, 4.69) is 22.3 Å². The summed E-state index contributed by atoms with van der Waals surface area (Å²) in [5.74, 6) is 0.862. The Morgan fingerprint density at radius 1 is 1.50 bits per heavy atom. The van der Waals surface area contributed by atoms with Crippen molar-refractivity contribution < 1.29 is 4.74 Å². The van der Waals surface area contributed by atoms with Gasteiger partial charge in [-0.2, -0.15) is 0 Å². The Kier molecular flexibility index (Phi) is 2.74. The van der Waals surface area contributed by atoms with Gasteiger partial charge in [-0.05, 0) is 17.9 Å². The lowest BCUT2D eigenvalue weighted by Crippen LogP contribution is -1.99. The molecule has 0 aliphatic rings. The highest BCUT2D eigenvalue weighted by Gasteiger charge is 2.03. The molecular weight excluding hydrogens is 196 g/mol. The molecule has 2 aromatic heterocycles. The van der Waals surface area contributed by atoms with Crippen LogP contribution in [0.25, 0.3) is 10.2 Å². The van der Waals surface area contributed by atoms with Crippen LogP contribution in [0.5, 0.6) is 0 Å². The topological polar surface area (TPSA) is 35.0 Å². The van der Waals surface area contributed by atoms with Crippen LogP contribution in [-0.4, -0.2) is 23.7 Å². The van der Waals surface area contributed by atoms with Crippen molar-refractivity contribution in [2.75, 3.05) is 13.7 Å². The van der Waals surface area contributed by atoms with Crippen LogP contribution in [-0.2, 0) is 11.2 Å². The van der Waals surface area contributed by atoms with Crippen molar-refractivity contribution in [1.82, 2.24) is 9.97 Å². The molecule has 0 aliphatic heterocycles. The van der Waals surface area contributed by atoms with E-state index in [-0.39, 0.29) is 0 Å². The largest absolute Gasteiger partial charge is 0.384 e. The fourth-order valence-electron chi connectivity index (χ4n) is 1.28. The van der Waals surface area contributed by atoms with Gasteiger partial charge < -0.3 is 4.74 Å². The van der Waals surface area contributed by atoms with Gasteiger partial charge >= 0.3 is 0 Å². The monoisotopic (exact) mass is 208 g/mol. The van der Waals surface area contributed by atoms with E-state index >= 15 is 0 Å². The number of nitrogens with zero attached hydrogens (tertiary/aromatic N) is 2. The van der Waals surface area contributed by atoms with Crippen molar-refractivity contribution >= 4 is 21.6 Å². The molecule has 3 nitrogen and oxygen atoms in total. The van der Waals surface area contributed by atoms with E-state index in [0.29, 0.717) is 6.61 Å². The second kappa shape index (κ2) is 4.02. The maximum Gasteiger partial charge on any atom is 0.132 e. The number of methoxy groups -OCH3 is 1. The summed E-state index contributed by atoms with van der Waals surface area (Å²) in [6.07, 6.45) is 2.68. The Hall–Kier alpha value is -1.00. The van der Waals surface area contributed by atoms with E-state index in [4.69, 9.17) is 4.74 Å². The maximum atomic E-state index is 4.99. The Labute approximate surface area is 86.8 Å². The second-order valence-electron chi connectivity index (χ2n) is 3.17. The van der Waals surface area contributed by atoms with Crippen molar-refractivity contribution in [2.45, 2.75) is 13.3 Å². The molecule has 0 aromatic carbocycles. The van der Waals surface area contributed by atoms with Gasteiger partial charge in [0.2, 0.25) is 0 Å². The summed E-state index contributed by atoms with van der Waals surface area (Å²) < 4.78 is 4.99. The van der Waals surface area contributed by atoms with E-state index in [1.54, 1.807) is 18.4 Å². The average Bonchev–Trinajstić information content (AvgIpc) is 2.57. The van der Waals surface area contributed by atoms with Crippen LogP contribution in [0.1, 0.15) is 11.4 Å². The molecule has 74 valence electrons. The van der Waals surface area contributed by atoms with E-state index < -0.39 is 0 Å². The van der Waals surface area contributed by atoms with E-state index in [1.807, 2.05) is 6.20 Å². The molecule has 0 atom stereocenters. The third-order valence-electron chi connectivity index (χ3n) is 2.11. The fourth-order valence-corrected chi connectivity index (χ4v) is 2.20. The fraction of sp³-hybridized carbons (Fsp3) is 0.400. The molecule has 2 rings (SSSR count). The van der Waals surface area contributed by atoms with E-state index in [1.165, 1.54) is 5.56 Å². The minimum Gasteiger partial charge on any atom is -0.384 e. The van der Waals surface area contributed by atoms with Crippen LogP contribution in [0.15, 0.2) is 11.6 Å². The molecule has 0 spiro atoms. The summed E-state index contributed by atoms with van der Waals surface area (Å²) in [6.45, 7) is 2.76. The van der Waals surface area contributed by atoms with Crippen molar-refractivity contribution in [2.24, 2.45) is 0 Å². The number of aromatic nitrogens is 2. The van der Waals surface area contributed by atoms with Gasteiger partial charge in [0.05, 0.1) is 6.61 Å². The predicted molar refractivity (Wildman–Crippen MR) is 57.7 cm³/mol. The molecule has 0 unspecified atom stereocenters. The summed E-state index contributed by atoms with van der Waals surface area (Å²) in [5, 5.41) is 3.27.